The van der Waals surface area contributed by atoms with Crippen molar-refractivity contribution in [1.29, 1.82) is 0 Å². The van der Waals surface area contributed by atoms with E-state index in [-0.39, 0.29) is 18.3 Å². The van der Waals surface area contributed by atoms with Gasteiger partial charge in [0.15, 0.2) is 5.11 Å². The predicted octanol–water partition coefficient (Wildman–Crippen LogP) is 0.832. The molecule has 0 amide bonds. The van der Waals surface area contributed by atoms with Crippen LogP contribution in [0.15, 0.2) is 24.3 Å². The van der Waals surface area contributed by atoms with Gasteiger partial charge in [0.2, 0.25) is 0 Å². The summed E-state index contributed by atoms with van der Waals surface area (Å²) in [5.74, 6) is 6.31. The van der Waals surface area contributed by atoms with E-state index >= 15 is 0 Å². The van der Waals surface area contributed by atoms with Gasteiger partial charge in [-0.2, -0.15) is 0 Å². The fourth-order valence-electron chi connectivity index (χ4n) is 2.67. The number of nitrogens with zero attached hydrogens (tertiary/aromatic N) is 2. The molecule has 6 nitrogen and oxygen atoms in total. The van der Waals surface area contributed by atoms with Gasteiger partial charge in [0.25, 0.3) is 0 Å². The standard InChI is InChI=1S/C16H26N4O2S/c17-16(23)20(18)11-14(21)12-22-15-6-4-5-13(9-15)10-19-7-2-1-3-8-19/h4-6,9,14,21H,1-3,7-8,10-12,18H2,(H2,17,23). The van der Waals surface area contributed by atoms with Crippen molar-refractivity contribution in [3.8, 4) is 5.75 Å². The molecule has 23 heavy (non-hydrogen) atoms. The van der Waals surface area contributed by atoms with E-state index in [2.05, 4.69) is 11.0 Å². The first-order valence-electron chi connectivity index (χ1n) is 7.98. The van der Waals surface area contributed by atoms with Crippen LogP contribution < -0.4 is 16.3 Å². The number of aliphatic hydroxyl groups excluding tert-OH is 1. The first-order chi connectivity index (χ1) is 11.0. The highest BCUT2D eigenvalue weighted by Crippen LogP contribution is 2.17. The van der Waals surface area contributed by atoms with Crippen molar-refractivity contribution in [1.82, 2.24) is 9.91 Å². The second kappa shape index (κ2) is 9.02. The van der Waals surface area contributed by atoms with Gasteiger partial charge in [0.05, 0.1) is 6.54 Å². The highest BCUT2D eigenvalue weighted by molar-refractivity contribution is 7.80. The molecule has 1 saturated heterocycles. The lowest BCUT2D eigenvalue weighted by molar-refractivity contribution is 0.0870. The Balaban J connectivity index is 1.81. The fourth-order valence-corrected chi connectivity index (χ4v) is 2.75. The van der Waals surface area contributed by atoms with E-state index < -0.39 is 6.10 Å². The van der Waals surface area contributed by atoms with E-state index in [0.717, 1.165) is 30.4 Å². The highest BCUT2D eigenvalue weighted by atomic mass is 32.1. The van der Waals surface area contributed by atoms with Crippen LogP contribution in [0.25, 0.3) is 0 Å². The van der Waals surface area contributed by atoms with Crippen molar-refractivity contribution < 1.29 is 9.84 Å². The quantitative estimate of drug-likeness (QED) is 0.385. The topological polar surface area (TPSA) is 88.0 Å². The number of nitrogens with two attached hydrogens (primary N) is 2. The minimum atomic E-state index is -0.757. The minimum absolute atomic E-state index is 0.0487. The lowest BCUT2D eigenvalue weighted by Crippen LogP contribution is -2.46. The molecule has 0 saturated carbocycles. The van der Waals surface area contributed by atoms with Crippen molar-refractivity contribution in [2.75, 3.05) is 26.2 Å². The second-order valence-electron chi connectivity index (χ2n) is 5.94. The summed E-state index contributed by atoms with van der Waals surface area (Å²) in [5, 5.41) is 11.1. The average Bonchev–Trinajstić information content (AvgIpc) is 2.54. The van der Waals surface area contributed by atoms with Crippen LogP contribution in [0, 0.1) is 0 Å². The summed E-state index contributed by atoms with van der Waals surface area (Å²) < 4.78 is 5.64. The van der Waals surface area contributed by atoms with E-state index in [9.17, 15) is 5.11 Å². The smallest absolute Gasteiger partial charge is 0.180 e. The van der Waals surface area contributed by atoms with E-state index in [4.69, 9.17) is 28.5 Å². The number of benzene rings is 1. The van der Waals surface area contributed by atoms with Crippen molar-refractivity contribution in [2.24, 2.45) is 11.6 Å². The Morgan fingerprint density at radius 1 is 1.35 bits per heavy atom. The highest BCUT2D eigenvalue weighted by Gasteiger charge is 2.12. The molecule has 7 heteroatoms. The number of aliphatic hydroxyl groups is 1. The summed E-state index contributed by atoms with van der Waals surface area (Å²) in [6, 6.07) is 7.99. The Hall–Kier alpha value is -1.41. The lowest BCUT2D eigenvalue weighted by Gasteiger charge is -2.26. The molecule has 1 unspecified atom stereocenters. The molecule has 1 atom stereocenters. The maximum Gasteiger partial charge on any atom is 0.180 e. The first kappa shape index (κ1) is 17.9. The molecule has 1 aliphatic rings. The predicted molar refractivity (Wildman–Crippen MR) is 94.8 cm³/mol. The van der Waals surface area contributed by atoms with Gasteiger partial charge in [-0.15, -0.1) is 0 Å². The lowest BCUT2D eigenvalue weighted by atomic mass is 10.1. The zero-order chi connectivity index (χ0) is 16.7. The third kappa shape index (κ3) is 6.31. The Morgan fingerprint density at radius 2 is 2.09 bits per heavy atom. The monoisotopic (exact) mass is 338 g/mol. The molecule has 128 valence electrons. The molecule has 1 aromatic rings. The summed E-state index contributed by atoms with van der Waals surface area (Å²) in [6.07, 6.45) is 3.14. The van der Waals surface area contributed by atoms with Crippen LogP contribution in [-0.2, 0) is 6.54 Å². The van der Waals surface area contributed by atoms with E-state index in [1.165, 1.54) is 24.8 Å². The Labute approximate surface area is 143 Å². The zero-order valence-corrected chi connectivity index (χ0v) is 14.2. The number of hydrazine groups is 1. The molecule has 0 bridgehead atoms. The summed E-state index contributed by atoms with van der Waals surface area (Å²) in [6.45, 7) is 3.55. The SMILES string of the molecule is NC(=S)N(N)CC(O)COc1cccc(CN2CCCCC2)c1. The molecule has 1 heterocycles. The van der Waals surface area contributed by atoms with Gasteiger partial charge >= 0.3 is 0 Å². The molecule has 0 spiro atoms. The first-order valence-corrected chi connectivity index (χ1v) is 8.39. The van der Waals surface area contributed by atoms with Crippen LogP contribution in [0.1, 0.15) is 24.8 Å². The molecule has 0 aliphatic carbocycles. The maximum absolute atomic E-state index is 9.89. The number of thiocarbonyl (C=S) groups is 1. The summed E-state index contributed by atoms with van der Waals surface area (Å²) in [4.78, 5) is 2.46. The molecule has 0 radical (unpaired) electrons. The van der Waals surface area contributed by atoms with E-state index in [0.29, 0.717) is 0 Å². The molecule has 1 fully saturated rings. The largest absolute Gasteiger partial charge is 0.491 e. The molecule has 1 aliphatic heterocycles. The number of hydrogen-bond donors (Lipinski definition) is 3. The normalized spacial score (nSPS) is 16.8. The average molecular weight is 338 g/mol. The van der Waals surface area contributed by atoms with E-state index in [1.807, 2.05) is 18.2 Å². The van der Waals surface area contributed by atoms with Crippen LogP contribution in [0.4, 0.5) is 0 Å². The van der Waals surface area contributed by atoms with Gasteiger partial charge in [0, 0.05) is 6.54 Å². The molecule has 0 aromatic heterocycles. The van der Waals surface area contributed by atoms with Gasteiger partial charge in [-0.1, -0.05) is 18.6 Å². The minimum Gasteiger partial charge on any atom is -0.491 e. The maximum atomic E-state index is 9.89. The van der Waals surface area contributed by atoms with E-state index in [1.54, 1.807) is 0 Å². The molecular weight excluding hydrogens is 312 g/mol. The number of likely N-dealkylation sites (tertiary alicyclic amines) is 1. The van der Waals surface area contributed by atoms with Crippen molar-refractivity contribution in [3.05, 3.63) is 29.8 Å². The number of ether oxygens (including phenoxy) is 1. The van der Waals surface area contributed by atoms with Crippen LogP contribution in [0.3, 0.4) is 0 Å². The fraction of sp³-hybridized carbons (Fsp3) is 0.562. The number of hydrogen-bond acceptors (Lipinski definition) is 5. The van der Waals surface area contributed by atoms with Crippen molar-refractivity contribution in [3.63, 3.8) is 0 Å². The van der Waals surface area contributed by atoms with Gasteiger partial charge in [-0.25, -0.2) is 5.84 Å². The molecule has 5 N–H and O–H groups in total. The Bertz CT molecular complexity index is 509. The third-order valence-electron chi connectivity index (χ3n) is 3.89. The van der Waals surface area contributed by atoms with Crippen LogP contribution in [0.2, 0.25) is 0 Å². The molecule has 2 rings (SSSR count). The summed E-state index contributed by atoms with van der Waals surface area (Å²) >= 11 is 4.73. The van der Waals surface area contributed by atoms with Gasteiger partial charge in [-0.05, 0) is 55.8 Å². The number of rotatable bonds is 7. The Morgan fingerprint density at radius 3 is 2.78 bits per heavy atom. The van der Waals surface area contributed by atoms with Gasteiger partial charge in [0.1, 0.15) is 18.5 Å². The third-order valence-corrected chi connectivity index (χ3v) is 4.12. The summed E-state index contributed by atoms with van der Waals surface area (Å²) in [7, 11) is 0. The van der Waals surface area contributed by atoms with Crippen LogP contribution in [0.5, 0.6) is 5.75 Å². The van der Waals surface area contributed by atoms with Gasteiger partial charge < -0.3 is 15.6 Å². The van der Waals surface area contributed by atoms with Crippen LogP contribution >= 0.6 is 12.2 Å². The Kier molecular flexibility index (Phi) is 7.04. The number of piperidine rings is 1. The molecular formula is C16H26N4O2S. The summed E-state index contributed by atoms with van der Waals surface area (Å²) in [5.41, 5.74) is 6.60. The molecule has 1 aromatic carbocycles. The second-order valence-corrected chi connectivity index (χ2v) is 6.36. The van der Waals surface area contributed by atoms with Crippen molar-refractivity contribution >= 4 is 17.3 Å². The zero-order valence-electron chi connectivity index (χ0n) is 13.4. The van der Waals surface area contributed by atoms with Crippen molar-refractivity contribution in [2.45, 2.75) is 31.9 Å². The van der Waals surface area contributed by atoms with Gasteiger partial charge in [-0.3, -0.25) is 9.91 Å². The van der Waals surface area contributed by atoms with Crippen LogP contribution in [-0.4, -0.2) is 52.5 Å².